The molecule has 5 heteroatoms. The van der Waals surface area contributed by atoms with Gasteiger partial charge in [0, 0.05) is 16.3 Å². The van der Waals surface area contributed by atoms with E-state index in [9.17, 15) is 0 Å². The smallest absolute Gasteiger partial charge is 0.161 e. The molecule has 1 aliphatic rings. The highest BCUT2D eigenvalue weighted by Gasteiger charge is 2.28. The second-order valence-corrected chi connectivity index (χ2v) is 6.88. The van der Waals surface area contributed by atoms with Crippen molar-refractivity contribution in [2.75, 3.05) is 19.5 Å². The second-order valence-electron chi connectivity index (χ2n) is 6.45. The van der Waals surface area contributed by atoms with Gasteiger partial charge >= 0.3 is 0 Å². The summed E-state index contributed by atoms with van der Waals surface area (Å²) in [7, 11) is 3.29. The molecule has 0 atom stereocenters. The number of fused-ring (bicyclic) bond motifs is 1. The van der Waals surface area contributed by atoms with Crippen molar-refractivity contribution in [1.82, 2.24) is 0 Å². The molecule has 126 valence electrons. The lowest BCUT2D eigenvalue weighted by atomic mass is 9.88. The first kappa shape index (κ1) is 16.7. The quantitative estimate of drug-likeness (QED) is 0.888. The van der Waals surface area contributed by atoms with E-state index in [0.717, 1.165) is 29.3 Å². The van der Waals surface area contributed by atoms with E-state index in [4.69, 9.17) is 26.1 Å². The molecule has 0 unspecified atom stereocenters. The van der Waals surface area contributed by atoms with Gasteiger partial charge in [-0.05, 0) is 62.2 Å². The van der Waals surface area contributed by atoms with Crippen molar-refractivity contribution < 1.29 is 9.47 Å². The average Bonchev–Trinajstić information content (AvgIpc) is 2.54. The molecule has 24 heavy (non-hydrogen) atoms. The number of nitrogens with one attached hydrogen (secondary N) is 1. The number of anilines is 1. The van der Waals surface area contributed by atoms with Gasteiger partial charge in [-0.3, -0.25) is 4.99 Å². The van der Waals surface area contributed by atoms with Gasteiger partial charge in [0.2, 0.25) is 0 Å². The Labute approximate surface area is 147 Å². The number of aliphatic imine (C=N–C) groups is 1. The number of hydrogen-bond donors (Lipinski definition) is 1. The lowest BCUT2D eigenvalue weighted by Crippen LogP contribution is -2.32. The van der Waals surface area contributed by atoms with Gasteiger partial charge in [-0.15, -0.1) is 0 Å². The molecule has 0 saturated carbocycles. The van der Waals surface area contributed by atoms with Gasteiger partial charge in [-0.1, -0.05) is 11.6 Å². The molecule has 1 aliphatic heterocycles. The largest absolute Gasteiger partial charge is 0.493 e. The Hall–Kier alpha value is -2.20. The summed E-state index contributed by atoms with van der Waals surface area (Å²) in [6, 6.07) is 11.6. The monoisotopic (exact) mass is 344 g/mol. The molecule has 0 saturated heterocycles. The summed E-state index contributed by atoms with van der Waals surface area (Å²) < 4.78 is 10.9. The van der Waals surface area contributed by atoms with Crippen molar-refractivity contribution in [2.45, 2.75) is 25.8 Å². The van der Waals surface area contributed by atoms with Gasteiger partial charge in [-0.25, -0.2) is 0 Å². The normalized spacial score (nSPS) is 15.3. The number of hydrogen-bond acceptors (Lipinski definition) is 4. The summed E-state index contributed by atoms with van der Waals surface area (Å²) in [5.41, 5.74) is 2.96. The predicted octanol–water partition coefficient (Wildman–Crippen LogP) is 4.55. The number of amidine groups is 1. The van der Waals surface area contributed by atoms with Crippen LogP contribution in [0.1, 0.15) is 25.0 Å². The predicted molar refractivity (Wildman–Crippen MR) is 98.9 cm³/mol. The molecule has 0 aliphatic carbocycles. The molecule has 1 heterocycles. The maximum atomic E-state index is 5.97. The lowest BCUT2D eigenvalue weighted by Gasteiger charge is -2.30. The number of methoxy groups -OCH3 is 2. The minimum atomic E-state index is -0.193. The second kappa shape index (κ2) is 6.36. The summed E-state index contributed by atoms with van der Waals surface area (Å²) in [4.78, 5) is 4.88. The van der Waals surface area contributed by atoms with E-state index >= 15 is 0 Å². The van der Waals surface area contributed by atoms with Crippen LogP contribution in [0.25, 0.3) is 0 Å². The van der Waals surface area contributed by atoms with Crippen LogP contribution in [0, 0.1) is 0 Å². The Kier molecular flexibility index (Phi) is 4.41. The van der Waals surface area contributed by atoms with Gasteiger partial charge in [0.25, 0.3) is 0 Å². The van der Waals surface area contributed by atoms with Crippen LogP contribution in [-0.2, 0) is 6.42 Å². The fourth-order valence-corrected chi connectivity index (χ4v) is 3.05. The highest BCUT2D eigenvalue weighted by Crippen LogP contribution is 2.36. The van der Waals surface area contributed by atoms with Crippen molar-refractivity contribution in [3.8, 4) is 11.5 Å². The van der Waals surface area contributed by atoms with E-state index in [1.165, 1.54) is 5.56 Å². The summed E-state index contributed by atoms with van der Waals surface area (Å²) in [6.45, 7) is 4.24. The molecule has 1 N–H and O–H groups in total. The highest BCUT2D eigenvalue weighted by atomic mass is 35.5. The van der Waals surface area contributed by atoms with Gasteiger partial charge in [0.15, 0.2) is 11.5 Å². The Morgan fingerprint density at radius 3 is 2.29 bits per heavy atom. The maximum Gasteiger partial charge on any atom is 0.161 e. The highest BCUT2D eigenvalue weighted by molar-refractivity contribution is 6.30. The zero-order valence-corrected chi connectivity index (χ0v) is 15.1. The van der Waals surface area contributed by atoms with Crippen molar-refractivity contribution in [2.24, 2.45) is 4.99 Å². The molecule has 0 radical (unpaired) electrons. The molecule has 3 rings (SSSR count). The van der Waals surface area contributed by atoms with Gasteiger partial charge in [0.05, 0.1) is 19.8 Å². The first-order valence-corrected chi connectivity index (χ1v) is 8.17. The third-order valence-corrected chi connectivity index (χ3v) is 4.26. The number of ether oxygens (including phenoxy) is 2. The molecule has 0 fully saturated rings. The Bertz CT molecular complexity index is 783. The van der Waals surface area contributed by atoms with E-state index in [1.807, 2.05) is 36.4 Å². The fourth-order valence-electron chi connectivity index (χ4n) is 2.92. The standard InChI is InChI=1S/C19H21ClN2O2/c1-19(2)11-12-9-16(23-3)17(24-4)10-15(12)18(22-19)21-14-7-5-13(20)6-8-14/h5-10H,11H2,1-4H3,(H,21,22). The van der Waals surface area contributed by atoms with Crippen LogP contribution in [0.4, 0.5) is 5.69 Å². The third-order valence-electron chi connectivity index (χ3n) is 4.01. The van der Waals surface area contributed by atoms with Crippen LogP contribution in [0.15, 0.2) is 41.4 Å². The lowest BCUT2D eigenvalue weighted by molar-refractivity contribution is 0.353. The minimum Gasteiger partial charge on any atom is -0.493 e. The SMILES string of the molecule is COc1cc2c(cc1OC)C(Nc1ccc(Cl)cc1)=NC(C)(C)C2. The molecule has 0 aromatic heterocycles. The van der Waals surface area contributed by atoms with Crippen molar-refractivity contribution >= 4 is 23.1 Å². The zero-order valence-electron chi connectivity index (χ0n) is 14.3. The number of benzene rings is 2. The molecular weight excluding hydrogens is 324 g/mol. The number of halogens is 1. The Morgan fingerprint density at radius 1 is 1.04 bits per heavy atom. The molecular formula is C19H21ClN2O2. The minimum absolute atomic E-state index is 0.193. The maximum absolute atomic E-state index is 5.97. The Balaban J connectivity index is 2.05. The molecule has 4 nitrogen and oxygen atoms in total. The van der Waals surface area contributed by atoms with Gasteiger partial charge in [-0.2, -0.15) is 0 Å². The van der Waals surface area contributed by atoms with Crippen molar-refractivity contribution in [3.05, 3.63) is 52.5 Å². The molecule has 0 amide bonds. The van der Waals surface area contributed by atoms with Crippen LogP contribution in [0.2, 0.25) is 5.02 Å². The summed E-state index contributed by atoms with van der Waals surface area (Å²) in [5, 5.41) is 4.11. The Morgan fingerprint density at radius 2 is 1.67 bits per heavy atom. The van der Waals surface area contributed by atoms with E-state index in [1.54, 1.807) is 14.2 Å². The third kappa shape index (κ3) is 3.34. The van der Waals surface area contributed by atoms with Crippen LogP contribution in [-0.4, -0.2) is 25.6 Å². The number of nitrogens with zero attached hydrogens (tertiary/aromatic N) is 1. The topological polar surface area (TPSA) is 42.9 Å². The molecule has 2 aromatic rings. The summed E-state index contributed by atoms with van der Waals surface area (Å²) in [6.07, 6.45) is 0.842. The summed E-state index contributed by atoms with van der Waals surface area (Å²) in [5.74, 6) is 2.26. The fraction of sp³-hybridized carbons (Fsp3) is 0.316. The van der Waals surface area contributed by atoms with Gasteiger partial charge < -0.3 is 14.8 Å². The van der Waals surface area contributed by atoms with E-state index in [2.05, 4.69) is 19.2 Å². The van der Waals surface area contributed by atoms with Gasteiger partial charge in [0.1, 0.15) is 5.84 Å². The first-order valence-electron chi connectivity index (χ1n) is 7.79. The van der Waals surface area contributed by atoms with E-state index in [-0.39, 0.29) is 5.54 Å². The van der Waals surface area contributed by atoms with Crippen LogP contribution >= 0.6 is 11.6 Å². The molecule has 0 spiro atoms. The van der Waals surface area contributed by atoms with Crippen molar-refractivity contribution in [1.29, 1.82) is 0 Å². The van der Waals surface area contributed by atoms with Crippen molar-refractivity contribution in [3.63, 3.8) is 0 Å². The average molecular weight is 345 g/mol. The molecule has 0 bridgehead atoms. The zero-order chi connectivity index (χ0) is 17.3. The molecule has 2 aromatic carbocycles. The number of rotatable bonds is 3. The van der Waals surface area contributed by atoms with E-state index < -0.39 is 0 Å². The summed E-state index contributed by atoms with van der Waals surface area (Å²) >= 11 is 5.97. The van der Waals surface area contributed by atoms with E-state index in [0.29, 0.717) is 10.8 Å². The van der Waals surface area contributed by atoms with Crippen LogP contribution < -0.4 is 14.8 Å². The first-order chi connectivity index (χ1) is 11.4. The van der Waals surface area contributed by atoms with Crippen LogP contribution in [0.5, 0.6) is 11.5 Å². The van der Waals surface area contributed by atoms with Crippen LogP contribution in [0.3, 0.4) is 0 Å².